The Morgan fingerprint density at radius 2 is 1.78 bits per heavy atom. The van der Waals surface area contributed by atoms with Crippen LogP contribution in [-0.2, 0) is 14.3 Å². The summed E-state index contributed by atoms with van der Waals surface area (Å²) in [6, 6.07) is 11.3. The molecule has 2 aromatic rings. The predicted molar refractivity (Wildman–Crippen MR) is 90.9 cm³/mol. The number of nitrogens with one attached hydrogen (secondary N) is 2. The Hall–Kier alpha value is -3.62. The largest absolute Gasteiger partial charge is 0.485 e. The lowest BCUT2D eigenvalue weighted by Crippen LogP contribution is -2.41. The van der Waals surface area contributed by atoms with E-state index < -0.39 is 36.4 Å². The first-order valence-electron chi connectivity index (χ1n) is 7.93. The monoisotopic (exact) mass is 374 g/mol. The molecular weight excluding hydrogens is 359 g/mol. The molecule has 0 spiro atoms. The normalized spacial score (nSPS) is 14.8. The molecule has 0 saturated heterocycles. The van der Waals surface area contributed by atoms with Gasteiger partial charge in [0, 0.05) is 0 Å². The van der Waals surface area contributed by atoms with Crippen molar-refractivity contribution in [3.8, 4) is 11.5 Å². The van der Waals surface area contributed by atoms with Gasteiger partial charge in [-0.1, -0.05) is 24.3 Å². The Bertz CT molecular complexity index is 872. The number of ether oxygens (including phenoxy) is 3. The number of rotatable bonds is 4. The lowest BCUT2D eigenvalue weighted by Gasteiger charge is -2.24. The summed E-state index contributed by atoms with van der Waals surface area (Å²) in [7, 11) is 0. The number of anilines is 1. The molecule has 1 atom stereocenters. The smallest absolute Gasteiger partial charge is 0.351 e. The van der Waals surface area contributed by atoms with Crippen LogP contribution in [-0.4, -0.2) is 37.2 Å². The number of para-hydroxylation sites is 3. The highest BCUT2D eigenvalue weighted by Gasteiger charge is 2.29. The summed E-state index contributed by atoms with van der Waals surface area (Å²) in [4.78, 5) is 35.3. The van der Waals surface area contributed by atoms with Crippen LogP contribution in [0.4, 0.5) is 14.9 Å². The van der Waals surface area contributed by atoms with Gasteiger partial charge in [0.05, 0.1) is 5.69 Å². The molecule has 1 aliphatic heterocycles. The van der Waals surface area contributed by atoms with E-state index in [1.807, 2.05) is 5.32 Å². The van der Waals surface area contributed by atoms with Gasteiger partial charge in [0.15, 0.2) is 18.1 Å². The highest BCUT2D eigenvalue weighted by atomic mass is 19.1. The zero-order chi connectivity index (χ0) is 19.2. The van der Waals surface area contributed by atoms with Crippen molar-refractivity contribution in [3.05, 3.63) is 54.3 Å². The number of imide groups is 1. The number of urea groups is 1. The Labute approximate surface area is 153 Å². The van der Waals surface area contributed by atoms with Crippen LogP contribution in [0.25, 0.3) is 0 Å². The van der Waals surface area contributed by atoms with Gasteiger partial charge in [0.25, 0.3) is 5.91 Å². The molecule has 3 rings (SSSR count). The van der Waals surface area contributed by atoms with Crippen LogP contribution in [0.2, 0.25) is 0 Å². The number of carbonyl (C=O) groups is 3. The average Bonchev–Trinajstić information content (AvgIpc) is 2.67. The fourth-order valence-corrected chi connectivity index (χ4v) is 2.24. The predicted octanol–water partition coefficient (Wildman–Crippen LogP) is 1.86. The zero-order valence-corrected chi connectivity index (χ0v) is 13.9. The topological polar surface area (TPSA) is 103 Å². The molecule has 1 aliphatic rings. The number of carbonyl (C=O) groups excluding carboxylic acids is 3. The third kappa shape index (κ3) is 4.72. The average molecular weight is 374 g/mol. The van der Waals surface area contributed by atoms with Crippen LogP contribution in [0.3, 0.4) is 0 Å². The summed E-state index contributed by atoms with van der Waals surface area (Å²) >= 11 is 0. The number of hydrogen-bond acceptors (Lipinski definition) is 6. The molecule has 0 aliphatic carbocycles. The van der Waals surface area contributed by atoms with E-state index in [1.54, 1.807) is 24.3 Å². The van der Waals surface area contributed by atoms with E-state index in [0.29, 0.717) is 11.5 Å². The molecule has 1 unspecified atom stereocenters. The molecule has 9 heteroatoms. The molecule has 27 heavy (non-hydrogen) atoms. The van der Waals surface area contributed by atoms with E-state index in [4.69, 9.17) is 14.2 Å². The molecule has 0 radical (unpaired) electrons. The van der Waals surface area contributed by atoms with E-state index in [0.717, 1.165) is 6.07 Å². The fraction of sp³-hybridized carbons (Fsp3) is 0.167. The molecule has 0 fully saturated rings. The Balaban J connectivity index is 1.44. The summed E-state index contributed by atoms with van der Waals surface area (Å²) in [6.45, 7) is -0.768. The molecule has 2 aromatic carbocycles. The van der Waals surface area contributed by atoms with Crippen molar-refractivity contribution in [2.75, 3.05) is 18.5 Å². The van der Waals surface area contributed by atoms with Crippen LogP contribution in [0, 0.1) is 5.82 Å². The molecular formula is C18H15FN2O6. The number of esters is 1. The van der Waals surface area contributed by atoms with E-state index in [1.165, 1.54) is 18.2 Å². The molecule has 1 heterocycles. The quantitative estimate of drug-likeness (QED) is 0.792. The van der Waals surface area contributed by atoms with Gasteiger partial charge in [-0.2, -0.15) is 0 Å². The fourth-order valence-electron chi connectivity index (χ4n) is 2.24. The molecule has 0 bridgehead atoms. The van der Waals surface area contributed by atoms with Gasteiger partial charge in [-0.15, -0.1) is 0 Å². The Morgan fingerprint density at radius 1 is 1.07 bits per heavy atom. The van der Waals surface area contributed by atoms with E-state index >= 15 is 0 Å². The molecule has 2 N–H and O–H groups in total. The number of benzene rings is 2. The van der Waals surface area contributed by atoms with Gasteiger partial charge in [-0.3, -0.25) is 10.1 Å². The maximum absolute atomic E-state index is 13.4. The SMILES string of the molecule is O=C(COC(=O)C1COc2ccccc2O1)NC(=O)Nc1ccccc1F. The maximum atomic E-state index is 13.4. The minimum atomic E-state index is -1.03. The van der Waals surface area contributed by atoms with Crippen LogP contribution >= 0.6 is 0 Å². The summed E-state index contributed by atoms with van der Waals surface area (Å²) in [6.07, 6.45) is -1.03. The first-order valence-corrected chi connectivity index (χ1v) is 7.93. The Kier molecular flexibility index (Phi) is 5.50. The third-order valence-electron chi connectivity index (χ3n) is 3.49. The number of hydrogen-bond donors (Lipinski definition) is 2. The van der Waals surface area contributed by atoms with Crippen molar-refractivity contribution >= 4 is 23.6 Å². The van der Waals surface area contributed by atoms with E-state index in [2.05, 4.69) is 5.32 Å². The van der Waals surface area contributed by atoms with Gasteiger partial charge in [0.1, 0.15) is 12.4 Å². The zero-order valence-electron chi connectivity index (χ0n) is 13.9. The van der Waals surface area contributed by atoms with Crippen LogP contribution in [0.15, 0.2) is 48.5 Å². The van der Waals surface area contributed by atoms with E-state index in [-0.39, 0.29) is 12.3 Å². The molecule has 0 saturated carbocycles. The van der Waals surface area contributed by atoms with E-state index in [9.17, 15) is 18.8 Å². The maximum Gasteiger partial charge on any atom is 0.351 e. The summed E-state index contributed by atoms with van der Waals surface area (Å²) in [5, 5.41) is 4.10. The van der Waals surface area contributed by atoms with Crippen molar-refractivity contribution < 1.29 is 33.0 Å². The molecule has 3 amide bonds. The van der Waals surface area contributed by atoms with Crippen molar-refractivity contribution in [2.24, 2.45) is 0 Å². The Morgan fingerprint density at radius 3 is 2.56 bits per heavy atom. The number of amides is 3. The first kappa shape index (κ1) is 18.2. The standard InChI is InChI=1S/C18H15FN2O6/c19-11-5-1-2-6-12(11)20-18(24)21-16(22)10-26-17(23)15-9-25-13-7-3-4-8-14(13)27-15/h1-8,15H,9-10H2,(H2,20,21,22,24). The minimum Gasteiger partial charge on any atom is -0.485 e. The van der Waals surface area contributed by atoms with Crippen molar-refractivity contribution in [1.82, 2.24) is 5.32 Å². The lowest BCUT2D eigenvalue weighted by molar-refractivity contribution is -0.157. The van der Waals surface area contributed by atoms with Gasteiger partial charge in [-0.05, 0) is 24.3 Å². The number of fused-ring (bicyclic) bond motifs is 1. The molecule has 8 nitrogen and oxygen atoms in total. The van der Waals surface area contributed by atoms with Gasteiger partial charge in [-0.25, -0.2) is 14.0 Å². The van der Waals surface area contributed by atoms with Gasteiger partial charge < -0.3 is 19.5 Å². The van der Waals surface area contributed by atoms with Crippen molar-refractivity contribution in [2.45, 2.75) is 6.10 Å². The second-order valence-electron chi connectivity index (χ2n) is 5.45. The highest BCUT2D eigenvalue weighted by Crippen LogP contribution is 2.31. The van der Waals surface area contributed by atoms with Crippen LogP contribution < -0.4 is 20.1 Å². The summed E-state index contributed by atoms with van der Waals surface area (Å²) < 4.78 is 29.1. The first-order chi connectivity index (χ1) is 13.0. The van der Waals surface area contributed by atoms with Crippen LogP contribution in [0.1, 0.15) is 0 Å². The molecule has 0 aromatic heterocycles. The minimum absolute atomic E-state index is 0.0643. The second kappa shape index (κ2) is 8.17. The van der Waals surface area contributed by atoms with Gasteiger partial charge in [0.2, 0.25) is 6.10 Å². The summed E-state index contributed by atoms with van der Waals surface area (Å²) in [5.41, 5.74) is -0.0915. The van der Waals surface area contributed by atoms with Crippen LogP contribution in [0.5, 0.6) is 11.5 Å². The van der Waals surface area contributed by atoms with Crippen molar-refractivity contribution in [1.29, 1.82) is 0 Å². The van der Waals surface area contributed by atoms with Gasteiger partial charge >= 0.3 is 12.0 Å². The highest BCUT2D eigenvalue weighted by molar-refractivity contribution is 6.02. The third-order valence-corrected chi connectivity index (χ3v) is 3.49. The second-order valence-corrected chi connectivity index (χ2v) is 5.45. The number of halogens is 1. The lowest BCUT2D eigenvalue weighted by atomic mass is 10.2. The molecule has 140 valence electrons. The summed E-state index contributed by atoms with van der Waals surface area (Å²) in [5.74, 6) is -1.45. The van der Waals surface area contributed by atoms with Crippen molar-refractivity contribution in [3.63, 3.8) is 0 Å².